The summed E-state index contributed by atoms with van der Waals surface area (Å²) in [6.07, 6.45) is 0.956. The Labute approximate surface area is 160 Å². The molecule has 27 heavy (non-hydrogen) atoms. The topological polar surface area (TPSA) is 50.8 Å². The van der Waals surface area contributed by atoms with Crippen molar-refractivity contribution in [1.29, 1.82) is 0 Å². The van der Waals surface area contributed by atoms with E-state index < -0.39 is 0 Å². The van der Waals surface area contributed by atoms with E-state index in [1.165, 1.54) is 12.1 Å². The van der Waals surface area contributed by atoms with Crippen LogP contribution in [0.5, 0.6) is 11.5 Å². The van der Waals surface area contributed by atoms with Crippen LogP contribution in [0.15, 0.2) is 42.5 Å². The molecule has 1 atom stereocenters. The summed E-state index contributed by atoms with van der Waals surface area (Å²) in [5.74, 6) is 0.982. The van der Waals surface area contributed by atoms with Gasteiger partial charge in [0.15, 0.2) is 11.5 Å². The molecule has 0 spiro atoms. The van der Waals surface area contributed by atoms with Crippen LogP contribution in [0.25, 0.3) is 0 Å². The fraction of sp³-hybridized carbons (Fsp3) is 0.381. The number of nitrogens with zero attached hydrogens (tertiary/aromatic N) is 1. The first-order valence-electron chi connectivity index (χ1n) is 8.84. The molecule has 1 N–H and O–H groups in total. The average Bonchev–Trinajstić information content (AvgIpc) is 2.66. The molecule has 5 nitrogen and oxygen atoms in total. The van der Waals surface area contributed by atoms with Crippen LogP contribution in [0.1, 0.15) is 23.6 Å². The lowest BCUT2D eigenvalue weighted by atomic mass is 10.1. The van der Waals surface area contributed by atoms with E-state index in [1.54, 1.807) is 20.3 Å². The Morgan fingerprint density at radius 1 is 1.11 bits per heavy atom. The monoisotopic (exact) mass is 374 g/mol. The standard InChI is InChI=1S/C21H27FN2O3/c1-24(2)18(16-6-5-7-17(22)13-16)14-23-21(25)11-9-15-8-10-19(26-3)20(12-15)27-4/h5-8,10,12-13,18H,9,11,14H2,1-4H3,(H,23,25). The van der Waals surface area contributed by atoms with Gasteiger partial charge in [0.2, 0.25) is 5.91 Å². The highest BCUT2D eigenvalue weighted by atomic mass is 19.1. The van der Waals surface area contributed by atoms with Crippen molar-refractivity contribution in [1.82, 2.24) is 10.2 Å². The number of ether oxygens (including phenoxy) is 2. The number of rotatable bonds is 9. The first kappa shape index (κ1) is 20.7. The maximum atomic E-state index is 13.5. The quantitative estimate of drug-likeness (QED) is 0.732. The highest BCUT2D eigenvalue weighted by molar-refractivity contribution is 5.76. The number of nitrogens with one attached hydrogen (secondary N) is 1. The van der Waals surface area contributed by atoms with Gasteiger partial charge in [-0.05, 0) is 55.9 Å². The summed E-state index contributed by atoms with van der Waals surface area (Å²) < 4.78 is 24.0. The van der Waals surface area contributed by atoms with Gasteiger partial charge in [-0.3, -0.25) is 4.79 Å². The van der Waals surface area contributed by atoms with Crippen LogP contribution in [0.2, 0.25) is 0 Å². The third-order valence-corrected chi connectivity index (χ3v) is 4.44. The molecular formula is C21H27FN2O3. The van der Waals surface area contributed by atoms with Gasteiger partial charge in [0.05, 0.1) is 20.3 Å². The Hall–Kier alpha value is -2.60. The van der Waals surface area contributed by atoms with Gasteiger partial charge in [-0.2, -0.15) is 0 Å². The first-order valence-corrected chi connectivity index (χ1v) is 8.84. The molecule has 6 heteroatoms. The maximum Gasteiger partial charge on any atom is 0.220 e. The summed E-state index contributed by atoms with van der Waals surface area (Å²) in [7, 11) is 6.99. The van der Waals surface area contributed by atoms with E-state index >= 15 is 0 Å². The number of hydrogen-bond donors (Lipinski definition) is 1. The number of hydrogen-bond acceptors (Lipinski definition) is 4. The van der Waals surface area contributed by atoms with Crippen molar-refractivity contribution in [2.75, 3.05) is 34.9 Å². The SMILES string of the molecule is COc1ccc(CCC(=O)NCC(c2cccc(F)c2)N(C)C)cc1OC. The second-order valence-corrected chi connectivity index (χ2v) is 6.53. The van der Waals surface area contributed by atoms with Crippen molar-refractivity contribution >= 4 is 5.91 Å². The highest BCUT2D eigenvalue weighted by Crippen LogP contribution is 2.28. The number of benzene rings is 2. The number of likely N-dealkylation sites (N-methyl/N-ethyl adjacent to an activating group) is 1. The van der Waals surface area contributed by atoms with Gasteiger partial charge >= 0.3 is 0 Å². The van der Waals surface area contributed by atoms with E-state index in [1.807, 2.05) is 43.3 Å². The molecule has 1 unspecified atom stereocenters. The number of halogens is 1. The van der Waals surface area contributed by atoms with Crippen molar-refractivity contribution in [3.05, 3.63) is 59.4 Å². The molecule has 0 bridgehead atoms. The normalized spacial score (nSPS) is 11.9. The van der Waals surface area contributed by atoms with E-state index in [-0.39, 0.29) is 17.8 Å². The number of aryl methyl sites for hydroxylation is 1. The van der Waals surface area contributed by atoms with Gasteiger partial charge < -0.3 is 19.7 Å². The van der Waals surface area contributed by atoms with Crippen molar-refractivity contribution in [3.8, 4) is 11.5 Å². The van der Waals surface area contributed by atoms with E-state index in [2.05, 4.69) is 5.32 Å². The Kier molecular flexibility index (Phi) is 7.61. The molecule has 0 radical (unpaired) electrons. The molecule has 2 rings (SSSR count). The second kappa shape index (κ2) is 9.92. The maximum absolute atomic E-state index is 13.5. The van der Waals surface area contributed by atoms with Gasteiger partial charge in [0, 0.05) is 13.0 Å². The Morgan fingerprint density at radius 3 is 2.48 bits per heavy atom. The lowest BCUT2D eigenvalue weighted by molar-refractivity contribution is -0.121. The number of methoxy groups -OCH3 is 2. The number of amides is 1. The van der Waals surface area contributed by atoms with E-state index in [9.17, 15) is 9.18 Å². The largest absolute Gasteiger partial charge is 0.493 e. The zero-order valence-corrected chi connectivity index (χ0v) is 16.3. The van der Waals surface area contributed by atoms with Crippen LogP contribution < -0.4 is 14.8 Å². The fourth-order valence-corrected chi connectivity index (χ4v) is 2.91. The van der Waals surface area contributed by atoms with Gasteiger partial charge in [0.25, 0.3) is 0 Å². The van der Waals surface area contributed by atoms with Gasteiger partial charge in [-0.25, -0.2) is 4.39 Å². The molecule has 0 saturated heterocycles. The molecule has 0 fully saturated rings. The van der Waals surface area contributed by atoms with Crippen LogP contribution in [0, 0.1) is 5.82 Å². The summed E-state index contributed by atoms with van der Waals surface area (Å²) in [6, 6.07) is 12.0. The molecule has 0 aliphatic carbocycles. The number of carbonyl (C=O) groups excluding carboxylic acids is 1. The first-order chi connectivity index (χ1) is 12.9. The van der Waals surface area contributed by atoms with Crippen LogP contribution in [-0.4, -0.2) is 45.7 Å². The Morgan fingerprint density at radius 2 is 1.85 bits per heavy atom. The lowest BCUT2D eigenvalue weighted by Crippen LogP contribution is -2.34. The van der Waals surface area contributed by atoms with E-state index in [4.69, 9.17) is 9.47 Å². The summed E-state index contributed by atoms with van der Waals surface area (Å²) in [6.45, 7) is 0.418. The third-order valence-electron chi connectivity index (χ3n) is 4.44. The predicted molar refractivity (Wildman–Crippen MR) is 104 cm³/mol. The zero-order chi connectivity index (χ0) is 19.8. The summed E-state index contributed by atoms with van der Waals surface area (Å²) in [5, 5.41) is 2.94. The van der Waals surface area contributed by atoms with Crippen LogP contribution in [-0.2, 0) is 11.2 Å². The van der Waals surface area contributed by atoms with Gasteiger partial charge in [-0.15, -0.1) is 0 Å². The zero-order valence-electron chi connectivity index (χ0n) is 16.3. The molecule has 1 amide bonds. The molecule has 2 aromatic rings. The minimum Gasteiger partial charge on any atom is -0.493 e. The van der Waals surface area contributed by atoms with Crippen LogP contribution >= 0.6 is 0 Å². The van der Waals surface area contributed by atoms with Gasteiger partial charge in [0.1, 0.15) is 5.82 Å². The van der Waals surface area contributed by atoms with Crippen molar-refractivity contribution in [2.24, 2.45) is 0 Å². The average molecular weight is 374 g/mol. The smallest absolute Gasteiger partial charge is 0.220 e. The van der Waals surface area contributed by atoms with Crippen molar-refractivity contribution < 1.29 is 18.7 Å². The molecule has 2 aromatic carbocycles. The third kappa shape index (κ3) is 5.96. The number of carbonyl (C=O) groups is 1. The minimum absolute atomic E-state index is 0.0481. The summed E-state index contributed by atoms with van der Waals surface area (Å²) in [5.41, 5.74) is 1.83. The molecular weight excluding hydrogens is 347 g/mol. The van der Waals surface area contributed by atoms with E-state index in [0.717, 1.165) is 11.1 Å². The lowest BCUT2D eigenvalue weighted by Gasteiger charge is -2.25. The Bertz CT molecular complexity index is 765. The molecule has 0 aliphatic heterocycles. The van der Waals surface area contributed by atoms with Crippen LogP contribution in [0.4, 0.5) is 4.39 Å². The molecule has 0 saturated carbocycles. The van der Waals surface area contributed by atoms with Gasteiger partial charge in [-0.1, -0.05) is 18.2 Å². The molecule has 0 aromatic heterocycles. The summed E-state index contributed by atoms with van der Waals surface area (Å²) >= 11 is 0. The van der Waals surface area contributed by atoms with E-state index in [0.29, 0.717) is 30.9 Å². The molecule has 0 heterocycles. The predicted octanol–water partition coefficient (Wildman–Crippen LogP) is 3.19. The fourth-order valence-electron chi connectivity index (χ4n) is 2.91. The molecule has 146 valence electrons. The van der Waals surface area contributed by atoms with Crippen LogP contribution in [0.3, 0.4) is 0 Å². The second-order valence-electron chi connectivity index (χ2n) is 6.53. The van der Waals surface area contributed by atoms with Crippen molar-refractivity contribution in [2.45, 2.75) is 18.9 Å². The van der Waals surface area contributed by atoms with Crippen molar-refractivity contribution in [3.63, 3.8) is 0 Å². The Balaban J connectivity index is 1.91. The molecule has 0 aliphatic rings. The minimum atomic E-state index is -0.279. The summed E-state index contributed by atoms with van der Waals surface area (Å²) in [4.78, 5) is 14.2. The highest BCUT2D eigenvalue weighted by Gasteiger charge is 2.16.